The van der Waals surface area contributed by atoms with Gasteiger partial charge in [0.25, 0.3) is 0 Å². The van der Waals surface area contributed by atoms with Gasteiger partial charge in [-0.2, -0.15) is 0 Å². The largest absolute Gasteiger partial charge is 0.363 e. The van der Waals surface area contributed by atoms with E-state index in [1.807, 2.05) is 17.9 Å². The summed E-state index contributed by atoms with van der Waals surface area (Å²) in [5.41, 5.74) is 0.839. The lowest BCUT2D eigenvalue weighted by atomic mass is 10.2. The Bertz CT molecular complexity index is 916. The molecule has 1 aliphatic rings. The van der Waals surface area contributed by atoms with Crippen LogP contribution in [-0.2, 0) is 16.4 Å². The van der Waals surface area contributed by atoms with Gasteiger partial charge in [0.05, 0.1) is 10.6 Å². The maximum atomic E-state index is 11.9. The number of nitro groups is 1. The molecule has 10 heteroatoms. The molecule has 2 heterocycles. The zero-order valence-electron chi connectivity index (χ0n) is 14.6. The Hall–Kier alpha value is -2.46. The van der Waals surface area contributed by atoms with Crippen molar-refractivity contribution in [2.45, 2.75) is 18.4 Å². The van der Waals surface area contributed by atoms with Gasteiger partial charge in [0.15, 0.2) is 9.84 Å². The SMILES string of the molecule is Cc1cc(CN2CCN(c3cccc(S(C)(=O)=O)c3[N+](=O)[O-])CC2)no1. The Labute approximate surface area is 151 Å². The minimum Gasteiger partial charge on any atom is -0.363 e. The molecule has 0 amide bonds. The van der Waals surface area contributed by atoms with Crippen LogP contribution >= 0.6 is 0 Å². The van der Waals surface area contributed by atoms with E-state index < -0.39 is 14.8 Å². The van der Waals surface area contributed by atoms with E-state index in [-0.39, 0.29) is 10.6 Å². The van der Waals surface area contributed by atoms with Gasteiger partial charge in [-0.15, -0.1) is 0 Å². The molecule has 140 valence electrons. The molecule has 0 unspecified atom stereocenters. The first kappa shape index (κ1) is 18.3. The Morgan fingerprint density at radius 3 is 2.50 bits per heavy atom. The third kappa shape index (κ3) is 3.86. The number of rotatable bonds is 5. The molecule has 0 saturated carbocycles. The van der Waals surface area contributed by atoms with E-state index in [0.29, 0.717) is 38.4 Å². The lowest BCUT2D eigenvalue weighted by Gasteiger charge is -2.35. The van der Waals surface area contributed by atoms with Crippen LogP contribution in [-0.4, -0.2) is 55.8 Å². The van der Waals surface area contributed by atoms with Crippen molar-refractivity contribution < 1.29 is 17.9 Å². The molecule has 0 atom stereocenters. The van der Waals surface area contributed by atoms with E-state index in [4.69, 9.17) is 4.52 Å². The molecule has 9 nitrogen and oxygen atoms in total. The van der Waals surface area contributed by atoms with Crippen molar-refractivity contribution in [1.29, 1.82) is 0 Å². The van der Waals surface area contributed by atoms with Crippen molar-refractivity contribution in [3.05, 3.63) is 45.8 Å². The molecule has 1 aromatic carbocycles. The molecule has 1 aromatic heterocycles. The number of nitrogens with zero attached hydrogens (tertiary/aromatic N) is 4. The number of anilines is 1. The van der Waals surface area contributed by atoms with E-state index >= 15 is 0 Å². The smallest absolute Gasteiger partial charge is 0.311 e. The van der Waals surface area contributed by atoms with Crippen LogP contribution in [0.2, 0.25) is 0 Å². The highest BCUT2D eigenvalue weighted by molar-refractivity contribution is 7.90. The third-order valence-corrected chi connectivity index (χ3v) is 5.46. The number of piperazine rings is 1. The Morgan fingerprint density at radius 1 is 1.27 bits per heavy atom. The molecule has 0 aliphatic carbocycles. The second kappa shape index (κ2) is 7.04. The van der Waals surface area contributed by atoms with Crippen molar-refractivity contribution in [2.24, 2.45) is 0 Å². The normalized spacial score (nSPS) is 16.0. The quantitative estimate of drug-likeness (QED) is 0.568. The van der Waals surface area contributed by atoms with Gasteiger partial charge in [0, 0.05) is 45.0 Å². The summed E-state index contributed by atoms with van der Waals surface area (Å²) < 4.78 is 28.9. The van der Waals surface area contributed by atoms with Crippen LogP contribution in [0, 0.1) is 17.0 Å². The summed E-state index contributed by atoms with van der Waals surface area (Å²) in [6, 6.07) is 6.31. The van der Waals surface area contributed by atoms with E-state index in [0.717, 1.165) is 17.7 Å². The van der Waals surface area contributed by atoms with Crippen molar-refractivity contribution in [3.8, 4) is 0 Å². The predicted molar refractivity (Wildman–Crippen MR) is 94.9 cm³/mol. The number of hydrogen-bond acceptors (Lipinski definition) is 8. The molecule has 0 spiro atoms. The van der Waals surface area contributed by atoms with Crippen LogP contribution in [0.25, 0.3) is 0 Å². The zero-order chi connectivity index (χ0) is 18.9. The molecular formula is C16H20N4O5S. The van der Waals surface area contributed by atoms with Crippen LogP contribution in [0.5, 0.6) is 0 Å². The van der Waals surface area contributed by atoms with Gasteiger partial charge in [-0.3, -0.25) is 15.0 Å². The summed E-state index contributed by atoms with van der Waals surface area (Å²) >= 11 is 0. The van der Waals surface area contributed by atoms with Crippen LogP contribution in [0.4, 0.5) is 11.4 Å². The van der Waals surface area contributed by atoms with Crippen molar-refractivity contribution >= 4 is 21.2 Å². The molecule has 0 radical (unpaired) electrons. The Balaban J connectivity index is 1.78. The standard InChI is InChI=1S/C16H20N4O5S/c1-12-10-13(17-25-12)11-18-6-8-19(9-7-18)14-4-3-5-15(26(2,23)24)16(14)20(21)22/h3-5,10H,6-9,11H2,1-2H3. The van der Waals surface area contributed by atoms with Gasteiger partial charge in [-0.1, -0.05) is 11.2 Å². The second-order valence-corrected chi connectivity index (χ2v) is 8.33. The number of para-hydroxylation sites is 1. The Kier molecular flexibility index (Phi) is 4.97. The lowest BCUT2D eigenvalue weighted by Crippen LogP contribution is -2.46. The molecular weight excluding hydrogens is 360 g/mol. The number of sulfone groups is 1. The summed E-state index contributed by atoms with van der Waals surface area (Å²) in [6.45, 7) is 4.98. The van der Waals surface area contributed by atoms with Gasteiger partial charge in [-0.05, 0) is 19.1 Å². The summed E-state index contributed by atoms with van der Waals surface area (Å²) in [5.74, 6) is 0.756. The second-order valence-electron chi connectivity index (χ2n) is 6.35. The topological polar surface area (TPSA) is 110 Å². The van der Waals surface area contributed by atoms with Crippen LogP contribution < -0.4 is 4.90 Å². The summed E-state index contributed by atoms with van der Waals surface area (Å²) in [5, 5.41) is 15.5. The average molecular weight is 380 g/mol. The summed E-state index contributed by atoms with van der Waals surface area (Å²) in [4.78, 5) is 14.7. The first-order valence-electron chi connectivity index (χ1n) is 8.12. The minimum atomic E-state index is -3.69. The Morgan fingerprint density at radius 2 is 1.96 bits per heavy atom. The molecule has 1 saturated heterocycles. The molecule has 3 rings (SSSR count). The van der Waals surface area contributed by atoms with Crippen molar-refractivity contribution in [1.82, 2.24) is 10.1 Å². The van der Waals surface area contributed by atoms with E-state index in [2.05, 4.69) is 10.1 Å². The van der Waals surface area contributed by atoms with E-state index in [1.165, 1.54) is 6.07 Å². The lowest BCUT2D eigenvalue weighted by molar-refractivity contribution is -0.387. The number of aryl methyl sites for hydroxylation is 1. The average Bonchev–Trinajstić information content (AvgIpc) is 2.99. The number of benzene rings is 1. The third-order valence-electron chi connectivity index (χ3n) is 4.34. The van der Waals surface area contributed by atoms with Crippen LogP contribution in [0.15, 0.2) is 33.7 Å². The highest BCUT2D eigenvalue weighted by Gasteiger charge is 2.30. The predicted octanol–water partition coefficient (Wildman–Crippen LogP) is 1.62. The number of aromatic nitrogens is 1. The first-order chi connectivity index (χ1) is 12.3. The summed E-state index contributed by atoms with van der Waals surface area (Å²) in [6.07, 6.45) is 0.983. The monoisotopic (exact) mass is 380 g/mol. The molecule has 1 fully saturated rings. The van der Waals surface area contributed by atoms with E-state index in [1.54, 1.807) is 12.1 Å². The van der Waals surface area contributed by atoms with Crippen LogP contribution in [0.1, 0.15) is 11.5 Å². The summed E-state index contributed by atoms with van der Waals surface area (Å²) in [7, 11) is -3.69. The van der Waals surface area contributed by atoms with Gasteiger partial charge < -0.3 is 9.42 Å². The molecule has 1 aliphatic heterocycles. The molecule has 0 bridgehead atoms. The molecule has 26 heavy (non-hydrogen) atoms. The molecule has 2 aromatic rings. The fraction of sp³-hybridized carbons (Fsp3) is 0.438. The van der Waals surface area contributed by atoms with Crippen molar-refractivity contribution in [3.63, 3.8) is 0 Å². The number of nitro benzene ring substituents is 1. The highest BCUT2D eigenvalue weighted by atomic mass is 32.2. The maximum absolute atomic E-state index is 11.9. The zero-order valence-corrected chi connectivity index (χ0v) is 15.4. The van der Waals surface area contributed by atoms with Crippen molar-refractivity contribution in [2.75, 3.05) is 37.3 Å². The van der Waals surface area contributed by atoms with Gasteiger partial charge >= 0.3 is 5.69 Å². The van der Waals surface area contributed by atoms with Crippen LogP contribution in [0.3, 0.4) is 0 Å². The fourth-order valence-corrected chi connectivity index (χ4v) is 3.97. The maximum Gasteiger partial charge on any atom is 0.311 e. The molecule has 0 N–H and O–H groups in total. The van der Waals surface area contributed by atoms with E-state index in [9.17, 15) is 18.5 Å². The van der Waals surface area contributed by atoms with Gasteiger partial charge in [-0.25, -0.2) is 8.42 Å². The number of hydrogen-bond donors (Lipinski definition) is 0. The fourth-order valence-electron chi connectivity index (χ4n) is 3.12. The van der Waals surface area contributed by atoms with Gasteiger partial charge in [0.2, 0.25) is 0 Å². The first-order valence-corrected chi connectivity index (χ1v) is 10.0. The van der Waals surface area contributed by atoms with Gasteiger partial charge in [0.1, 0.15) is 16.3 Å². The highest BCUT2D eigenvalue weighted by Crippen LogP contribution is 2.35. The minimum absolute atomic E-state index is 0.250.